The Hall–Kier alpha value is -7.07. The van der Waals surface area contributed by atoms with Gasteiger partial charge in [-0.25, -0.2) is 9.59 Å². The lowest BCUT2D eigenvalue weighted by molar-refractivity contribution is -0.386. The van der Waals surface area contributed by atoms with Gasteiger partial charge < -0.3 is 94.4 Å². The van der Waals surface area contributed by atoms with Crippen LogP contribution in [0.15, 0.2) is 24.3 Å². The molecule has 31 nitrogen and oxygen atoms in total. The lowest BCUT2D eigenvalue weighted by atomic mass is 10.0. The fourth-order valence-corrected chi connectivity index (χ4v) is 10.5. The number of thioether (sulfide) groups is 1. The van der Waals surface area contributed by atoms with Crippen LogP contribution >= 0.6 is 11.8 Å². The Morgan fingerprint density at radius 2 is 0.955 bits per heavy atom. The number of methoxy groups -OCH3 is 2. The zero-order valence-corrected chi connectivity index (χ0v) is 51.3. The maximum Gasteiger partial charge on any atom is 0.405 e. The fraction of sp³-hybridized carbons (Fsp3) is 0.679. The minimum atomic E-state index is -1.34. The standard InChI is InChI=1S/C56H87N9O22S/c1-38(60-53(69)13-19-79-23-27-83-31-32-85-30-26-82-22-16-59-52(68)12-8-18-87-48-36-44(65(75)76)41(34-46(48)78-4)39(2)61-56(71)72)40-33-45(77-3)47(35-43(40)64(73)74)86-17-7-11-51(67)58-15-21-81-25-29-84-28-24-80-20-14-57-50(66)10-6-5-9-49-54-42(37-88-49)62-55(70)63-54/h33-36,38-39,42,49,54,61H,5-32,37H2,1-4H3,(H,57,66)(H,58,67)(H,59,68)(H,60,69)(H,71,72)(H2,62,63,70)/t38?,39?,42-,49-,54-/m0/s1. The monoisotopic (exact) mass is 1270 g/mol. The summed E-state index contributed by atoms with van der Waals surface area (Å²) < 4.78 is 60.7. The molecule has 0 aromatic heterocycles. The van der Waals surface area contributed by atoms with Crippen LogP contribution in [0.25, 0.3) is 0 Å². The molecule has 7 amide bonds. The maximum absolute atomic E-state index is 12.7. The van der Waals surface area contributed by atoms with E-state index in [-0.39, 0.29) is 167 Å². The molecule has 2 aromatic carbocycles. The molecule has 0 spiro atoms. The minimum absolute atomic E-state index is 0.00843. The van der Waals surface area contributed by atoms with Gasteiger partial charge in [0.25, 0.3) is 11.4 Å². The number of carboxylic acid groups (broad SMARTS) is 1. The molecule has 2 saturated heterocycles. The van der Waals surface area contributed by atoms with E-state index < -0.39 is 33.9 Å². The summed E-state index contributed by atoms with van der Waals surface area (Å²) in [5, 5.41) is 52.4. The summed E-state index contributed by atoms with van der Waals surface area (Å²) in [5.74, 6) is 0.638. The molecule has 494 valence electrons. The number of amides is 7. The number of nitrogens with one attached hydrogen (secondary N) is 7. The summed E-state index contributed by atoms with van der Waals surface area (Å²) in [6, 6.07) is 3.82. The van der Waals surface area contributed by atoms with Crippen molar-refractivity contribution in [1.82, 2.24) is 37.2 Å². The van der Waals surface area contributed by atoms with Crippen molar-refractivity contribution in [2.45, 2.75) is 101 Å². The van der Waals surface area contributed by atoms with Crippen LogP contribution in [-0.2, 0) is 52.3 Å². The summed E-state index contributed by atoms with van der Waals surface area (Å²) in [7, 11) is 2.73. The highest BCUT2D eigenvalue weighted by Crippen LogP contribution is 2.39. The number of hydrogen-bond acceptors (Lipinski definition) is 22. The van der Waals surface area contributed by atoms with Crippen molar-refractivity contribution in [2.75, 3.05) is 145 Å². The number of carbonyl (C=O) groups excluding carboxylic acids is 5. The lowest BCUT2D eigenvalue weighted by Gasteiger charge is -2.18. The van der Waals surface area contributed by atoms with Crippen molar-refractivity contribution < 1.29 is 95.8 Å². The Morgan fingerprint density at radius 3 is 1.38 bits per heavy atom. The van der Waals surface area contributed by atoms with E-state index in [2.05, 4.69) is 37.2 Å². The Labute approximate surface area is 515 Å². The third-order valence-corrected chi connectivity index (χ3v) is 14.9. The first-order valence-electron chi connectivity index (χ1n) is 29.3. The molecule has 2 unspecified atom stereocenters. The topological polar surface area (TPSA) is 395 Å². The molecule has 0 saturated carbocycles. The first kappa shape index (κ1) is 73.4. The molecule has 2 heterocycles. The maximum atomic E-state index is 12.7. The molecule has 88 heavy (non-hydrogen) atoms. The number of unbranched alkanes of at least 4 members (excludes halogenated alkanes) is 1. The van der Waals surface area contributed by atoms with Crippen molar-refractivity contribution in [2.24, 2.45) is 0 Å². The number of nitro groups is 2. The van der Waals surface area contributed by atoms with E-state index in [0.29, 0.717) is 83.9 Å². The first-order chi connectivity index (χ1) is 42.5. The van der Waals surface area contributed by atoms with Gasteiger partial charge >= 0.3 is 12.1 Å². The van der Waals surface area contributed by atoms with Gasteiger partial charge in [0.1, 0.15) is 0 Å². The number of nitrogens with zero attached hydrogens (tertiary/aromatic N) is 2. The minimum Gasteiger partial charge on any atom is -0.493 e. The SMILES string of the molecule is COc1cc(C(C)NC(=O)CCOCCOCCOCCOCCNC(=O)CCCOc2cc([N+](=O)[O-])c(C(C)NC(=O)O)cc2OC)c([N+](=O)[O-])cc1OCCCC(=O)NCCOCCOCCOCCNC(=O)CCCC[C@@H]1SC[C@@H]2NC(=O)N[C@@H]21. The van der Waals surface area contributed by atoms with E-state index >= 15 is 0 Å². The largest absolute Gasteiger partial charge is 0.493 e. The number of nitro benzene ring substituents is 2. The van der Waals surface area contributed by atoms with E-state index in [1.165, 1.54) is 39.3 Å². The predicted molar refractivity (Wildman–Crippen MR) is 318 cm³/mol. The average molecular weight is 1270 g/mol. The van der Waals surface area contributed by atoms with Gasteiger partial charge in [-0.3, -0.25) is 39.4 Å². The number of urea groups is 1. The normalized spacial score (nSPS) is 15.6. The smallest absolute Gasteiger partial charge is 0.405 e. The molecule has 8 N–H and O–H groups in total. The number of ether oxygens (including phenoxy) is 11. The Balaban J connectivity index is 0.923. The van der Waals surface area contributed by atoms with Gasteiger partial charge in [-0.05, 0) is 51.7 Å². The highest BCUT2D eigenvalue weighted by Gasteiger charge is 2.42. The summed E-state index contributed by atoms with van der Waals surface area (Å²) in [5.41, 5.74) is -0.329. The van der Waals surface area contributed by atoms with Crippen molar-refractivity contribution in [3.05, 3.63) is 55.6 Å². The van der Waals surface area contributed by atoms with Crippen LogP contribution in [0.1, 0.15) is 94.8 Å². The van der Waals surface area contributed by atoms with Crippen molar-refractivity contribution >= 4 is 58.9 Å². The van der Waals surface area contributed by atoms with E-state index in [4.69, 9.17) is 57.2 Å². The molecule has 2 aromatic rings. The first-order valence-corrected chi connectivity index (χ1v) is 30.4. The lowest BCUT2D eigenvalue weighted by Crippen LogP contribution is -2.36. The van der Waals surface area contributed by atoms with Crippen LogP contribution < -0.4 is 56.2 Å². The third-order valence-electron chi connectivity index (χ3n) is 13.4. The molecule has 0 bridgehead atoms. The molecule has 2 aliphatic rings. The molecule has 0 radical (unpaired) electrons. The van der Waals surface area contributed by atoms with E-state index in [1.807, 2.05) is 11.8 Å². The van der Waals surface area contributed by atoms with Gasteiger partial charge in [-0.1, -0.05) is 6.42 Å². The Bertz CT molecular complexity index is 2500. The van der Waals surface area contributed by atoms with Crippen LogP contribution in [0, 0.1) is 20.2 Å². The zero-order valence-electron chi connectivity index (χ0n) is 50.5. The number of fused-ring (bicyclic) bond motifs is 1. The molecule has 5 atom stereocenters. The van der Waals surface area contributed by atoms with E-state index in [1.54, 1.807) is 6.92 Å². The van der Waals surface area contributed by atoms with Gasteiger partial charge in [-0.15, -0.1) is 0 Å². The number of benzene rings is 2. The highest BCUT2D eigenvalue weighted by molar-refractivity contribution is 8.00. The highest BCUT2D eigenvalue weighted by atomic mass is 32.2. The van der Waals surface area contributed by atoms with Crippen LogP contribution in [0.5, 0.6) is 23.0 Å². The van der Waals surface area contributed by atoms with E-state index in [0.717, 1.165) is 31.1 Å². The fourth-order valence-electron chi connectivity index (χ4n) is 8.96. The Kier molecular flexibility index (Phi) is 35.7. The van der Waals surface area contributed by atoms with Crippen LogP contribution in [-0.4, -0.2) is 213 Å². The van der Waals surface area contributed by atoms with Crippen molar-refractivity contribution in [1.29, 1.82) is 0 Å². The number of rotatable bonds is 50. The second-order valence-corrected chi connectivity index (χ2v) is 21.2. The van der Waals surface area contributed by atoms with Crippen LogP contribution in [0.4, 0.5) is 21.0 Å². The average Bonchev–Trinajstić information content (AvgIpc) is 1.38. The van der Waals surface area contributed by atoms with Gasteiger partial charge in [0.15, 0.2) is 23.0 Å². The summed E-state index contributed by atoms with van der Waals surface area (Å²) >= 11 is 1.87. The number of carbonyl (C=O) groups is 6. The van der Waals surface area contributed by atoms with Crippen LogP contribution in [0.2, 0.25) is 0 Å². The van der Waals surface area contributed by atoms with Crippen LogP contribution in [0.3, 0.4) is 0 Å². The van der Waals surface area contributed by atoms with E-state index in [9.17, 15) is 49.0 Å². The molecule has 2 fully saturated rings. The van der Waals surface area contributed by atoms with Gasteiger partial charge in [0.05, 0.1) is 177 Å². The molecular weight excluding hydrogens is 1180 g/mol. The molecule has 32 heteroatoms. The van der Waals surface area contributed by atoms with Gasteiger partial charge in [0, 0.05) is 56.3 Å². The number of hydrogen-bond donors (Lipinski definition) is 8. The van der Waals surface area contributed by atoms with Crippen molar-refractivity contribution in [3.63, 3.8) is 0 Å². The van der Waals surface area contributed by atoms with Gasteiger partial charge in [0.2, 0.25) is 23.6 Å². The zero-order chi connectivity index (χ0) is 63.9. The molecule has 0 aliphatic carbocycles. The summed E-state index contributed by atoms with van der Waals surface area (Å²) in [6.07, 6.45) is 2.68. The van der Waals surface area contributed by atoms with Gasteiger partial charge in [-0.2, -0.15) is 11.8 Å². The molecule has 4 rings (SSSR count). The van der Waals surface area contributed by atoms with Crippen molar-refractivity contribution in [3.8, 4) is 23.0 Å². The summed E-state index contributed by atoms with van der Waals surface area (Å²) in [4.78, 5) is 94.6. The predicted octanol–water partition coefficient (Wildman–Crippen LogP) is 3.62. The molecular formula is C56H87N9O22S. The molecule has 2 aliphatic heterocycles. The second kappa shape index (κ2) is 42.7. The summed E-state index contributed by atoms with van der Waals surface area (Å²) in [6.45, 7) is 8.21. The quantitative estimate of drug-likeness (QED) is 0.0203. The Morgan fingerprint density at radius 1 is 0.545 bits per heavy atom. The third kappa shape index (κ3) is 28.8. The second-order valence-electron chi connectivity index (χ2n) is 20.0.